The monoisotopic (exact) mass is 239 g/mol. The molecule has 0 amide bonds. The average molecular weight is 240 g/mol. The first-order valence-corrected chi connectivity index (χ1v) is 4.41. The Morgan fingerprint density at radius 1 is 1.62 bits per heavy atom. The van der Waals surface area contributed by atoms with Crippen LogP contribution in [0.4, 0.5) is 0 Å². The molecule has 1 N–H and O–H groups in total. The first-order chi connectivity index (χ1) is 6.31. The Kier molecular flexibility index (Phi) is 2.02. The van der Waals surface area contributed by atoms with Gasteiger partial charge in [-0.3, -0.25) is 0 Å². The van der Waals surface area contributed by atoms with Gasteiger partial charge < -0.3 is 5.21 Å². The number of rotatable bonds is 1. The standard InChI is InChI=1S/C8H6BrN3O/c9-7-1-2-12-8(3-7)6(4-10-12)5-11-13/h1-5,13H. The van der Waals surface area contributed by atoms with Gasteiger partial charge in [-0.15, -0.1) is 0 Å². The third-order valence-electron chi connectivity index (χ3n) is 1.71. The van der Waals surface area contributed by atoms with E-state index in [1.165, 1.54) is 6.21 Å². The lowest BCUT2D eigenvalue weighted by atomic mass is 10.3. The second kappa shape index (κ2) is 3.18. The van der Waals surface area contributed by atoms with Gasteiger partial charge in [0.2, 0.25) is 0 Å². The molecular weight excluding hydrogens is 234 g/mol. The van der Waals surface area contributed by atoms with Crippen molar-refractivity contribution in [1.82, 2.24) is 9.61 Å². The molecule has 5 heteroatoms. The van der Waals surface area contributed by atoms with Crippen LogP contribution < -0.4 is 0 Å². The van der Waals surface area contributed by atoms with Crippen LogP contribution in [0, 0.1) is 0 Å². The highest BCUT2D eigenvalue weighted by molar-refractivity contribution is 9.10. The molecule has 4 nitrogen and oxygen atoms in total. The van der Waals surface area contributed by atoms with Gasteiger partial charge in [-0.2, -0.15) is 5.10 Å². The summed E-state index contributed by atoms with van der Waals surface area (Å²) in [6, 6.07) is 3.80. The maximum atomic E-state index is 8.39. The number of hydrogen-bond acceptors (Lipinski definition) is 3. The van der Waals surface area contributed by atoms with Gasteiger partial charge in [-0.25, -0.2) is 4.52 Å². The molecular formula is C8H6BrN3O. The Morgan fingerprint density at radius 3 is 3.23 bits per heavy atom. The van der Waals surface area contributed by atoms with Crippen LogP contribution in [-0.4, -0.2) is 21.0 Å². The first-order valence-electron chi connectivity index (χ1n) is 3.61. The SMILES string of the molecule is ON=Cc1cnn2ccc(Br)cc12. The molecule has 0 fully saturated rings. The molecule has 2 rings (SSSR count). The van der Waals surface area contributed by atoms with Crippen LogP contribution in [0.2, 0.25) is 0 Å². The Bertz CT molecular complexity index is 463. The van der Waals surface area contributed by atoms with Crippen molar-refractivity contribution in [2.45, 2.75) is 0 Å². The normalized spacial score (nSPS) is 11.5. The molecule has 2 heterocycles. The molecule has 0 aromatic carbocycles. The van der Waals surface area contributed by atoms with E-state index >= 15 is 0 Å². The maximum Gasteiger partial charge on any atom is 0.0771 e. The molecule has 0 atom stereocenters. The van der Waals surface area contributed by atoms with E-state index in [0.29, 0.717) is 0 Å². The molecule has 66 valence electrons. The van der Waals surface area contributed by atoms with E-state index in [4.69, 9.17) is 5.21 Å². The van der Waals surface area contributed by atoms with E-state index in [0.717, 1.165) is 15.6 Å². The molecule has 0 saturated carbocycles. The minimum atomic E-state index is 0.781. The lowest BCUT2D eigenvalue weighted by molar-refractivity contribution is 0.322. The maximum absolute atomic E-state index is 8.39. The molecule has 0 bridgehead atoms. The molecule has 2 aromatic heterocycles. The predicted molar refractivity (Wildman–Crippen MR) is 52.3 cm³/mol. The van der Waals surface area contributed by atoms with Crippen LogP contribution in [0.1, 0.15) is 5.56 Å². The van der Waals surface area contributed by atoms with Crippen molar-refractivity contribution >= 4 is 27.7 Å². The number of aromatic nitrogens is 2. The van der Waals surface area contributed by atoms with Gasteiger partial charge >= 0.3 is 0 Å². The summed E-state index contributed by atoms with van der Waals surface area (Å²) in [6.07, 6.45) is 4.82. The number of oxime groups is 1. The smallest absolute Gasteiger partial charge is 0.0771 e. The Hall–Kier alpha value is -1.36. The third kappa shape index (κ3) is 1.42. The lowest BCUT2D eigenvalue weighted by Gasteiger charge is -1.93. The fourth-order valence-electron chi connectivity index (χ4n) is 1.14. The van der Waals surface area contributed by atoms with Crippen LogP contribution in [0.3, 0.4) is 0 Å². The van der Waals surface area contributed by atoms with E-state index in [2.05, 4.69) is 26.2 Å². The highest BCUT2D eigenvalue weighted by Crippen LogP contribution is 2.15. The van der Waals surface area contributed by atoms with Crippen LogP contribution in [-0.2, 0) is 0 Å². The lowest BCUT2D eigenvalue weighted by Crippen LogP contribution is -1.85. The molecule has 0 aliphatic rings. The largest absolute Gasteiger partial charge is 0.411 e. The van der Waals surface area contributed by atoms with Gasteiger partial charge in [0.05, 0.1) is 17.9 Å². The summed E-state index contributed by atoms with van der Waals surface area (Å²) in [5.41, 5.74) is 1.68. The quantitative estimate of drug-likeness (QED) is 0.470. The zero-order chi connectivity index (χ0) is 9.26. The van der Waals surface area contributed by atoms with Crippen molar-refractivity contribution in [2.24, 2.45) is 5.16 Å². The summed E-state index contributed by atoms with van der Waals surface area (Å²) in [5.74, 6) is 0. The van der Waals surface area contributed by atoms with E-state index in [-0.39, 0.29) is 0 Å². The molecule has 0 unspecified atom stereocenters. The highest BCUT2D eigenvalue weighted by Gasteiger charge is 2.01. The molecule has 0 saturated heterocycles. The van der Waals surface area contributed by atoms with Crippen molar-refractivity contribution in [3.8, 4) is 0 Å². The Labute approximate surface area is 82.6 Å². The number of nitrogens with zero attached hydrogens (tertiary/aromatic N) is 3. The number of halogens is 1. The van der Waals surface area contributed by atoms with Crippen molar-refractivity contribution in [2.75, 3.05) is 0 Å². The Morgan fingerprint density at radius 2 is 2.46 bits per heavy atom. The first kappa shape index (κ1) is 8.25. The van der Waals surface area contributed by atoms with Crippen molar-refractivity contribution in [3.63, 3.8) is 0 Å². The average Bonchev–Trinajstić information content (AvgIpc) is 2.49. The van der Waals surface area contributed by atoms with Crippen LogP contribution in [0.25, 0.3) is 5.52 Å². The van der Waals surface area contributed by atoms with E-state index < -0.39 is 0 Å². The van der Waals surface area contributed by atoms with Crippen LogP contribution in [0.15, 0.2) is 34.2 Å². The zero-order valence-electron chi connectivity index (χ0n) is 6.55. The van der Waals surface area contributed by atoms with Gasteiger partial charge in [-0.05, 0) is 12.1 Å². The van der Waals surface area contributed by atoms with E-state index in [9.17, 15) is 0 Å². The number of pyridine rings is 1. The van der Waals surface area contributed by atoms with Crippen LogP contribution in [0.5, 0.6) is 0 Å². The highest BCUT2D eigenvalue weighted by atomic mass is 79.9. The molecule has 0 radical (unpaired) electrons. The minimum Gasteiger partial charge on any atom is -0.411 e. The summed E-state index contributed by atoms with van der Waals surface area (Å²) in [4.78, 5) is 0. The summed E-state index contributed by atoms with van der Waals surface area (Å²) in [7, 11) is 0. The predicted octanol–water partition coefficient (Wildman–Crippen LogP) is 1.90. The third-order valence-corrected chi connectivity index (χ3v) is 2.20. The molecule has 13 heavy (non-hydrogen) atoms. The number of fused-ring (bicyclic) bond motifs is 1. The van der Waals surface area contributed by atoms with E-state index in [1.807, 2.05) is 18.3 Å². The molecule has 0 aliphatic heterocycles. The molecule has 0 spiro atoms. The van der Waals surface area contributed by atoms with Gasteiger partial charge in [-0.1, -0.05) is 21.1 Å². The zero-order valence-corrected chi connectivity index (χ0v) is 8.14. The molecule has 0 aliphatic carbocycles. The van der Waals surface area contributed by atoms with E-state index in [1.54, 1.807) is 10.7 Å². The fourth-order valence-corrected chi connectivity index (χ4v) is 1.47. The number of hydrogen-bond donors (Lipinski definition) is 1. The summed E-state index contributed by atoms with van der Waals surface area (Å²) in [6.45, 7) is 0. The topological polar surface area (TPSA) is 49.9 Å². The Balaban J connectivity index is 2.71. The molecule has 2 aromatic rings. The fraction of sp³-hybridized carbons (Fsp3) is 0. The van der Waals surface area contributed by atoms with Crippen molar-refractivity contribution in [1.29, 1.82) is 0 Å². The minimum absolute atomic E-state index is 0.781. The van der Waals surface area contributed by atoms with Gasteiger partial charge in [0.1, 0.15) is 0 Å². The van der Waals surface area contributed by atoms with Gasteiger partial charge in [0.25, 0.3) is 0 Å². The second-order valence-corrected chi connectivity index (χ2v) is 3.43. The summed E-state index contributed by atoms with van der Waals surface area (Å²) >= 11 is 3.35. The summed E-state index contributed by atoms with van der Waals surface area (Å²) in [5, 5.41) is 15.4. The van der Waals surface area contributed by atoms with Crippen molar-refractivity contribution in [3.05, 3.63) is 34.6 Å². The van der Waals surface area contributed by atoms with Crippen LogP contribution >= 0.6 is 15.9 Å². The second-order valence-electron chi connectivity index (χ2n) is 2.52. The van der Waals surface area contributed by atoms with Crippen molar-refractivity contribution < 1.29 is 5.21 Å². The summed E-state index contributed by atoms with van der Waals surface area (Å²) < 4.78 is 2.68. The van der Waals surface area contributed by atoms with Gasteiger partial charge in [0, 0.05) is 16.2 Å². The van der Waals surface area contributed by atoms with Gasteiger partial charge in [0.15, 0.2) is 0 Å².